The number of hydrogen-bond donors (Lipinski definition) is 3. The number of nitrogens with one attached hydrogen (secondary N) is 3. The molecule has 7 nitrogen and oxygen atoms in total. The second kappa shape index (κ2) is 9.27. The third-order valence-corrected chi connectivity index (χ3v) is 4.36. The highest BCUT2D eigenvalue weighted by Crippen LogP contribution is 2.27. The highest BCUT2D eigenvalue weighted by Gasteiger charge is 2.19. The van der Waals surface area contributed by atoms with Gasteiger partial charge in [-0.25, -0.2) is 4.79 Å². The van der Waals surface area contributed by atoms with Crippen LogP contribution in [0.15, 0.2) is 18.2 Å². The fraction of sp³-hybridized carbons (Fsp3) is 0.556. The Labute approximate surface area is 148 Å². The second-order valence-electron chi connectivity index (χ2n) is 6.50. The van der Waals surface area contributed by atoms with Crippen LogP contribution in [0.1, 0.15) is 31.2 Å². The quantitative estimate of drug-likeness (QED) is 0.668. The fourth-order valence-corrected chi connectivity index (χ4v) is 3.14. The van der Waals surface area contributed by atoms with Gasteiger partial charge in [0.05, 0.1) is 21.3 Å². The van der Waals surface area contributed by atoms with E-state index in [1.807, 2.05) is 25.2 Å². The van der Waals surface area contributed by atoms with Gasteiger partial charge in [-0.15, -0.1) is 0 Å². The predicted molar refractivity (Wildman–Crippen MR) is 93.9 cm³/mol. The van der Waals surface area contributed by atoms with E-state index >= 15 is 0 Å². The number of likely N-dealkylation sites (N-methyl/N-ethyl adjacent to an activating group) is 1. The molecule has 0 heterocycles. The van der Waals surface area contributed by atoms with E-state index < -0.39 is 6.03 Å². The molecule has 0 saturated heterocycles. The number of methoxy groups -OCH3 is 2. The second-order valence-corrected chi connectivity index (χ2v) is 6.50. The minimum absolute atomic E-state index is 0.199. The van der Waals surface area contributed by atoms with Crippen LogP contribution in [0, 0.1) is 0 Å². The molecule has 138 valence electrons. The van der Waals surface area contributed by atoms with Crippen molar-refractivity contribution in [3.05, 3.63) is 23.8 Å². The van der Waals surface area contributed by atoms with Crippen LogP contribution in [-0.2, 0) is 11.3 Å². The summed E-state index contributed by atoms with van der Waals surface area (Å²) in [6.07, 6.45) is 4.26. The Hall–Kier alpha value is -2.28. The number of rotatable bonds is 7. The van der Waals surface area contributed by atoms with Gasteiger partial charge in [0.15, 0.2) is 18.0 Å². The number of imide groups is 1. The Bertz CT molecular complexity index is 600. The summed E-state index contributed by atoms with van der Waals surface area (Å²) >= 11 is 0. The van der Waals surface area contributed by atoms with Crippen LogP contribution in [0.5, 0.6) is 11.5 Å². The molecule has 1 aliphatic rings. The number of benzene rings is 1. The van der Waals surface area contributed by atoms with Gasteiger partial charge in [0.2, 0.25) is 0 Å². The van der Waals surface area contributed by atoms with Crippen molar-refractivity contribution in [1.29, 1.82) is 0 Å². The normalized spacial score (nSPS) is 15.5. The molecule has 0 aliphatic heterocycles. The van der Waals surface area contributed by atoms with Gasteiger partial charge in [-0.2, -0.15) is 0 Å². The van der Waals surface area contributed by atoms with E-state index in [2.05, 4.69) is 10.6 Å². The van der Waals surface area contributed by atoms with Crippen molar-refractivity contribution in [3.63, 3.8) is 0 Å². The van der Waals surface area contributed by atoms with Gasteiger partial charge < -0.3 is 19.7 Å². The van der Waals surface area contributed by atoms with Gasteiger partial charge in [-0.1, -0.05) is 12.8 Å². The molecular formula is C18H28N3O4+. The molecule has 1 fully saturated rings. The summed E-state index contributed by atoms with van der Waals surface area (Å²) in [7, 11) is 5.09. The molecule has 1 unspecified atom stereocenters. The average molecular weight is 350 g/mol. The van der Waals surface area contributed by atoms with Crippen LogP contribution in [0.3, 0.4) is 0 Å². The van der Waals surface area contributed by atoms with E-state index in [1.165, 1.54) is 0 Å². The Balaban J connectivity index is 1.79. The zero-order valence-electron chi connectivity index (χ0n) is 15.2. The van der Waals surface area contributed by atoms with Gasteiger partial charge in [0.25, 0.3) is 5.91 Å². The number of carbonyl (C=O) groups is 2. The fourth-order valence-electron chi connectivity index (χ4n) is 3.14. The number of urea groups is 1. The van der Waals surface area contributed by atoms with E-state index in [-0.39, 0.29) is 18.5 Å². The molecule has 3 N–H and O–H groups in total. The first-order chi connectivity index (χ1) is 12.0. The SMILES string of the molecule is COc1ccc(C[NH+](C)CC(=O)NC(=O)NC2CCCC2)cc1OC. The number of carbonyl (C=O) groups excluding carboxylic acids is 2. The maximum absolute atomic E-state index is 12.0. The van der Waals surface area contributed by atoms with Gasteiger partial charge in [0.1, 0.15) is 6.54 Å². The van der Waals surface area contributed by atoms with Crippen molar-refractivity contribution in [2.24, 2.45) is 0 Å². The van der Waals surface area contributed by atoms with E-state index in [0.29, 0.717) is 18.0 Å². The molecular weight excluding hydrogens is 322 g/mol. The lowest BCUT2D eigenvalue weighted by atomic mass is 10.2. The lowest BCUT2D eigenvalue weighted by Gasteiger charge is -2.16. The molecule has 1 atom stereocenters. The van der Waals surface area contributed by atoms with Crippen molar-refractivity contribution in [3.8, 4) is 11.5 Å². The summed E-state index contributed by atoms with van der Waals surface area (Å²) in [6, 6.07) is 5.49. The Morgan fingerprint density at radius 2 is 1.84 bits per heavy atom. The van der Waals surface area contributed by atoms with Crippen molar-refractivity contribution in [2.75, 3.05) is 27.8 Å². The molecule has 3 amide bonds. The lowest BCUT2D eigenvalue weighted by molar-refractivity contribution is -0.885. The lowest BCUT2D eigenvalue weighted by Crippen LogP contribution is -3.09. The molecule has 2 rings (SSSR count). The van der Waals surface area contributed by atoms with Gasteiger partial charge >= 0.3 is 6.03 Å². The molecule has 7 heteroatoms. The topological polar surface area (TPSA) is 81.1 Å². The molecule has 1 aliphatic carbocycles. The summed E-state index contributed by atoms with van der Waals surface area (Å²) in [6.45, 7) is 0.852. The largest absolute Gasteiger partial charge is 0.493 e. The summed E-state index contributed by atoms with van der Waals surface area (Å²) in [5.41, 5.74) is 1.03. The maximum atomic E-state index is 12.0. The van der Waals surface area contributed by atoms with Crippen LogP contribution < -0.4 is 25.0 Å². The van der Waals surface area contributed by atoms with Crippen molar-refractivity contribution in [1.82, 2.24) is 10.6 Å². The molecule has 0 spiro atoms. The van der Waals surface area contributed by atoms with E-state index in [0.717, 1.165) is 36.1 Å². The third kappa shape index (κ3) is 5.94. The highest BCUT2D eigenvalue weighted by atomic mass is 16.5. The number of ether oxygens (including phenoxy) is 2. The molecule has 0 aromatic heterocycles. The number of hydrogen-bond acceptors (Lipinski definition) is 4. The summed E-state index contributed by atoms with van der Waals surface area (Å²) in [5, 5.41) is 5.26. The van der Waals surface area contributed by atoms with Crippen molar-refractivity contribution >= 4 is 11.9 Å². The molecule has 0 radical (unpaired) electrons. The zero-order chi connectivity index (χ0) is 18.2. The predicted octanol–water partition coefficient (Wildman–Crippen LogP) is 0.487. The van der Waals surface area contributed by atoms with Crippen LogP contribution in [0.4, 0.5) is 4.79 Å². The summed E-state index contributed by atoms with van der Waals surface area (Å²) < 4.78 is 10.5. The minimum Gasteiger partial charge on any atom is -0.493 e. The first-order valence-electron chi connectivity index (χ1n) is 8.64. The number of quaternary nitrogens is 1. The molecule has 0 bridgehead atoms. The van der Waals surface area contributed by atoms with Crippen LogP contribution in [0.2, 0.25) is 0 Å². The third-order valence-electron chi connectivity index (χ3n) is 4.36. The molecule has 25 heavy (non-hydrogen) atoms. The first kappa shape index (κ1) is 19.1. The van der Waals surface area contributed by atoms with E-state index in [9.17, 15) is 9.59 Å². The van der Waals surface area contributed by atoms with Crippen LogP contribution >= 0.6 is 0 Å². The van der Waals surface area contributed by atoms with Gasteiger partial charge in [-0.05, 0) is 31.0 Å². The average Bonchev–Trinajstić information content (AvgIpc) is 3.06. The highest BCUT2D eigenvalue weighted by molar-refractivity contribution is 5.94. The monoisotopic (exact) mass is 350 g/mol. The van der Waals surface area contributed by atoms with Crippen LogP contribution in [-0.4, -0.2) is 45.8 Å². The molecule has 1 aromatic carbocycles. The number of amides is 3. The van der Waals surface area contributed by atoms with E-state index in [1.54, 1.807) is 14.2 Å². The van der Waals surface area contributed by atoms with Gasteiger partial charge in [-0.3, -0.25) is 10.1 Å². The summed E-state index contributed by atoms with van der Waals surface area (Å²) in [4.78, 5) is 24.8. The Morgan fingerprint density at radius 1 is 1.16 bits per heavy atom. The van der Waals surface area contributed by atoms with Crippen molar-refractivity contribution in [2.45, 2.75) is 38.3 Å². The Morgan fingerprint density at radius 3 is 2.48 bits per heavy atom. The molecule has 1 aromatic rings. The Kier molecular flexibility index (Phi) is 7.06. The van der Waals surface area contributed by atoms with Crippen molar-refractivity contribution < 1.29 is 24.0 Å². The molecule has 1 saturated carbocycles. The first-order valence-corrected chi connectivity index (χ1v) is 8.64. The zero-order valence-corrected chi connectivity index (χ0v) is 15.2. The standard InChI is InChI=1S/C18H27N3O4/c1-21(11-13-8-9-15(24-2)16(10-13)25-3)12-17(22)20-18(23)19-14-6-4-5-7-14/h8-10,14H,4-7,11-12H2,1-3H3,(H2,19,20,22,23)/p+1. The smallest absolute Gasteiger partial charge is 0.321 e. The minimum atomic E-state index is -0.393. The van der Waals surface area contributed by atoms with E-state index in [4.69, 9.17) is 9.47 Å². The van der Waals surface area contributed by atoms with Gasteiger partial charge in [0, 0.05) is 11.6 Å². The maximum Gasteiger partial charge on any atom is 0.321 e. The van der Waals surface area contributed by atoms with Crippen LogP contribution in [0.25, 0.3) is 0 Å². The summed E-state index contributed by atoms with van der Waals surface area (Å²) in [5.74, 6) is 1.05.